The molecule has 4 N–H and O–H groups in total. The highest BCUT2D eigenvalue weighted by Crippen LogP contribution is 2.36. The summed E-state index contributed by atoms with van der Waals surface area (Å²) in [7, 11) is 0. The van der Waals surface area contributed by atoms with Crippen LogP contribution in [0, 0.1) is 11.6 Å². The predicted octanol–water partition coefficient (Wildman–Crippen LogP) is 6.96. The molecule has 0 bridgehead atoms. The Hall–Kier alpha value is -5.88. The normalized spacial score (nSPS) is 12.9. The number of rotatable bonds is 15. The molecule has 0 aliphatic heterocycles. The third-order valence-electron chi connectivity index (χ3n) is 8.10. The highest BCUT2D eigenvalue weighted by molar-refractivity contribution is 7.10. The molecule has 0 saturated carbocycles. The lowest BCUT2D eigenvalue weighted by molar-refractivity contribution is -0.167. The van der Waals surface area contributed by atoms with E-state index in [4.69, 9.17) is 19.3 Å². The number of aliphatic hydroxyl groups excluding tert-OH is 1. The summed E-state index contributed by atoms with van der Waals surface area (Å²) in [5, 5.41) is 25.2. The van der Waals surface area contributed by atoms with Gasteiger partial charge in [0.15, 0.2) is 11.6 Å². The molecule has 0 saturated heterocycles. The van der Waals surface area contributed by atoms with Crippen LogP contribution in [0.1, 0.15) is 57.8 Å². The Labute approximate surface area is 313 Å². The quantitative estimate of drug-likeness (QED) is 0.0324. The number of thiophene rings is 1. The van der Waals surface area contributed by atoms with Gasteiger partial charge in [0.05, 0.1) is 17.4 Å². The number of amides is 2. The Bertz CT molecular complexity index is 2040. The first-order valence-electron chi connectivity index (χ1n) is 16.4. The van der Waals surface area contributed by atoms with E-state index in [2.05, 4.69) is 10.6 Å². The number of carboxylic acids is 1. The molecule has 12 nitrogen and oxygen atoms in total. The van der Waals surface area contributed by atoms with E-state index in [1.807, 2.05) is 0 Å². The lowest BCUT2D eigenvalue weighted by atomic mass is 9.87. The monoisotopic (exact) mass is 792 g/mol. The van der Waals surface area contributed by atoms with Gasteiger partial charge in [-0.2, -0.15) is 13.2 Å². The molecule has 0 fully saturated rings. The number of hydrogen-bond acceptors (Lipinski definition) is 10. The first-order valence-corrected chi connectivity index (χ1v) is 17.2. The van der Waals surface area contributed by atoms with Crippen molar-refractivity contribution in [3.05, 3.63) is 105 Å². The molecule has 0 spiro atoms. The smallest absolute Gasteiger partial charge is 0.480 e. The van der Waals surface area contributed by atoms with E-state index >= 15 is 8.78 Å². The van der Waals surface area contributed by atoms with Crippen LogP contribution in [0.4, 0.5) is 32.4 Å². The zero-order valence-electron chi connectivity index (χ0n) is 29.0. The Morgan fingerprint density at radius 2 is 1.64 bits per heavy atom. The van der Waals surface area contributed by atoms with Crippen LogP contribution in [0.15, 0.2) is 72.1 Å². The fraction of sp³-hybridized carbons (Fsp3) is 0.270. The number of nitrogens with one attached hydrogen (secondary N) is 2. The molecule has 292 valence electrons. The van der Waals surface area contributed by atoms with Gasteiger partial charge in [0.1, 0.15) is 12.2 Å². The first-order chi connectivity index (χ1) is 26.0. The van der Waals surface area contributed by atoms with Gasteiger partial charge < -0.3 is 35.1 Å². The minimum Gasteiger partial charge on any atom is -0.480 e. The van der Waals surface area contributed by atoms with Crippen LogP contribution in [0.3, 0.4) is 0 Å². The second-order valence-corrected chi connectivity index (χ2v) is 12.7. The number of benzene rings is 3. The van der Waals surface area contributed by atoms with Gasteiger partial charge >= 0.3 is 24.3 Å². The largest absolute Gasteiger partial charge is 0.514 e. The van der Waals surface area contributed by atoms with Crippen molar-refractivity contribution in [2.45, 2.75) is 44.4 Å². The summed E-state index contributed by atoms with van der Waals surface area (Å²) < 4.78 is 86.0. The molecule has 1 aromatic heterocycles. The summed E-state index contributed by atoms with van der Waals surface area (Å²) >= 11 is 0.831. The summed E-state index contributed by atoms with van der Waals surface area (Å²) in [6, 6.07) is 12.6. The summed E-state index contributed by atoms with van der Waals surface area (Å²) in [6.07, 6.45) is -6.93. The highest BCUT2D eigenvalue weighted by Gasteiger charge is 2.53. The van der Waals surface area contributed by atoms with Crippen LogP contribution >= 0.6 is 11.3 Å². The first kappa shape index (κ1) is 41.9. The molecule has 2 atom stereocenters. The third kappa shape index (κ3) is 9.63. The van der Waals surface area contributed by atoms with Crippen molar-refractivity contribution in [2.75, 3.05) is 25.1 Å². The van der Waals surface area contributed by atoms with E-state index in [9.17, 15) is 42.3 Å². The van der Waals surface area contributed by atoms with E-state index in [-0.39, 0.29) is 41.1 Å². The lowest BCUT2D eigenvalue weighted by Gasteiger charge is -2.27. The molecule has 55 heavy (non-hydrogen) atoms. The number of carbonyl (C=O) groups is 5. The van der Waals surface area contributed by atoms with Crippen LogP contribution in [0.2, 0.25) is 0 Å². The predicted molar refractivity (Wildman–Crippen MR) is 187 cm³/mol. The number of anilines is 1. The maximum atomic E-state index is 16.1. The minimum absolute atomic E-state index is 0.00146. The van der Waals surface area contributed by atoms with E-state index in [1.165, 1.54) is 48.7 Å². The fourth-order valence-corrected chi connectivity index (χ4v) is 5.89. The topological polar surface area (TPSA) is 178 Å². The van der Waals surface area contributed by atoms with Crippen LogP contribution in [0.5, 0.6) is 5.75 Å². The Kier molecular flexibility index (Phi) is 13.7. The number of aliphatic hydroxyl groups is 1. The van der Waals surface area contributed by atoms with Gasteiger partial charge in [-0.15, -0.1) is 11.3 Å². The van der Waals surface area contributed by atoms with E-state index < -0.39 is 88.4 Å². The number of carbonyl (C=O) groups excluding carboxylic acids is 4. The SMILES string of the molecule is CCC(C)OC(=O)C(COC(=O)Oc1c(F)cc(NC(=O)c2ccccc2-c2ccc(C(F)(F)F)cc2)c(C(=O)NCCCO)c1F)(C(=O)O)c1cccs1. The maximum absolute atomic E-state index is 16.1. The highest BCUT2D eigenvalue weighted by atomic mass is 32.1. The van der Waals surface area contributed by atoms with Crippen molar-refractivity contribution in [3.8, 4) is 16.9 Å². The maximum Gasteiger partial charge on any atom is 0.514 e. The van der Waals surface area contributed by atoms with Crippen LogP contribution < -0.4 is 15.4 Å². The number of hydrogen-bond donors (Lipinski definition) is 4. The van der Waals surface area contributed by atoms with Crippen LogP contribution in [0.25, 0.3) is 11.1 Å². The van der Waals surface area contributed by atoms with Gasteiger partial charge in [0, 0.05) is 29.7 Å². The molecule has 0 aliphatic rings. The molecular weight excluding hydrogens is 759 g/mol. The molecular formula is C37H33F5N2O10S. The number of alkyl halides is 3. The number of carboxylic acid groups (broad SMARTS) is 1. The van der Waals surface area contributed by atoms with Gasteiger partial charge in [0.25, 0.3) is 11.8 Å². The zero-order valence-corrected chi connectivity index (χ0v) is 29.8. The second-order valence-electron chi connectivity index (χ2n) is 11.8. The number of aliphatic carboxylic acids is 1. The molecule has 0 aliphatic carbocycles. The molecule has 2 unspecified atom stereocenters. The Morgan fingerprint density at radius 1 is 0.945 bits per heavy atom. The van der Waals surface area contributed by atoms with Gasteiger partial charge in [-0.05, 0) is 60.5 Å². The van der Waals surface area contributed by atoms with Crippen molar-refractivity contribution in [2.24, 2.45) is 0 Å². The summed E-state index contributed by atoms with van der Waals surface area (Å²) in [5.41, 5.74) is -5.22. The summed E-state index contributed by atoms with van der Waals surface area (Å²) in [6.45, 7) is 1.33. The average Bonchev–Trinajstić information content (AvgIpc) is 3.68. The minimum atomic E-state index is -4.63. The van der Waals surface area contributed by atoms with Gasteiger partial charge in [-0.3, -0.25) is 19.2 Å². The van der Waals surface area contributed by atoms with Crippen LogP contribution in [-0.4, -0.2) is 66.0 Å². The number of esters is 1. The Morgan fingerprint density at radius 3 is 2.24 bits per heavy atom. The molecule has 18 heteroatoms. The van der Waals surface area contributed by atoms with Gasteiger partial charge in [0.2, 0.25) is 11.2 Å². The van der Waals surface area contributed by atoms with Crippen molar-refractivity contribution >= 4 is 46.9 Å². The fourth-order valence-electron chi connectivity index (χ4n) is 5.00. The van der Waals surface area contributed by atoms with Crippen molar-refractivity contribution in [3.63, 3.8) is 0 Å². The third-order valence-corrected chi connectivity index (χ3v) is 9.13. The van der Waals surface area contributed by atoms with Gasteiger partial charge in [-0.1, -0.05) is 43.3 Å². The average molecular weight is 793 g/mol. The van der Waals surface area contributed by atoms with E-state index in [1.54, 1.807) is 6.92 Å². The molecule has 4 aromatic rings. The van der Waals surface area contributed by atoms with E-state index in [0.717, 1.165) is 35.6 Å². The molecule has 3 aromatic carbocycles. The summed E-state index contributed by atoms with van der Waals surface area (Å²) in [4.78, 5) is 65.2. The molecule has 4 rings (SSSR count). The van der Waals surface area contributed by atoms with Crippen LogP contribution in [-0.2, 0) is 30.7 Å². The van der Waals surface area contributed by atoms with Crippen molar-refractivity contribution in [1.29, 1.82) is 0 Å². The van der Waals surface area contributed by atoms with Gasteiger partial charge in [-0.25, -0.2) is 13.6 Å². The molecule has 1 heterocycles. The standard InChI is InChI=1S/C37H33F5N2O10S/c1-3-20(2)53-34(50)36(33(48)49,27-10-6-17-55-27)19-52-35(51)54-30-25(38)18-26(28(29(30)39)32(47)43-15-7-16-45)44-31(46)24-9-5-4-8-23(24)21-11-13-22(14-12-21)37(40,41)42/h4-6,8-14,17-18,20,45H,3,7,15-16,19H2,1-2H3,(H,43,47)(H,44,46)(H,48,49). The Balaban J connectivity index is 1.67. The van der Waals surface area contributed by atoms with E-state index in [0.29, 0.717) is 12.5 Å². The summed E-state index contributed by atoms with van der Waals surface area (Å²) in [5.74, 6) is -10.3. The van der Waals surface area contributed by atoms with Crippen molar-refractivity contribution in [1.82, 2.24) is 5.32 Å². The lowest BCUT2D eigenvalue weighted by Crippen LogP contribution is -2.49. The second kappa shape index (κ2) is 18.0. The number of halogens is 5. The molecule has 0 radical (unpaired) electrons. The molecule has 2 amide bonds. The number of ether oxygens (including phenoxy) is 3. The zero-order chi connectivity index (χ0) is 40.5. The van der Waals surface area contributed by atoms with Crippen molar-refractivity contribution < 1.29 is 70.3 Å².